The molecule has 2 aromatic rings. The number of esters is 1. The molecule has 2 aromatic carbocycles. The highest BCUT2D eigenvalue weighted by Gasteiger charge is 2.12. The zero-order valence-corrected chi connectivity index (χ0v) is 16.1. The minimum Gasteiger partial charge on any atom is -0.456 e. The molecule has 31 heavy (non-hydrogen) atoms. The topological polar surface area (TPSA) is 171 Å². The number of carbonyl (C=O) groups excluding carboxylic acids is 3. The van der Waals surface area contributed by atoms with E-state index < -0.39 is 34.2 Å². The van der Waals surface area contributed by atoms with Gasteiger partial charge >= 0.3 is 5.97 Å². The Morgan fingerprint density at radius 3 is 1.84 bits per heavy atom. The maximum atomic E-state index is 11.9. The third kappa shape index (κ3) is 7.89. The van der Waals surface area contributed by atoms with Crippen LogP contribution in [0.1, 0.15) is 19.3 Å². The van der Waals surface area contributed by atoms with E-state index in [2.05, 4.69) is 10.6 Å². The highest BCUT2D eigenvalue weighted by molar-refractivity contribution is 5.93. The Kier molecular flexibility index (Phi) is 8.13. The van der Waals surface area contributed by atoms with E-state index in [1.807, 2.05) is 0 Å². The van der Waals surface area contributed by atoms with Crippen molar-refractivity contribution in [3.8, 4) is 0 Å². The zero-order valence-electron chi connectivity index (χ0n) is 16.1. The van der Waals surface area contributed by atoms with Crippen LogP contribution in [0.4, 0.5) is 22.7 Å². The highest BCUT2D eigenvalue weighted by Crippen LogP contribution is 2.18. The monoisotopic (exact) mass is 430 g/mol. The molecule has 0 saturated heterocycles. The summed E-state index contributed by atoms with van der Waals surface area (Å²) in [5, 5.41) is 26.3. The smallest absolute Gasteiger partial charge is 0.306 e. The van der Waals surface area contributed by atoms with Gasteiger partial charge in [0.1, 0.15) is 0 Å². The number of hydrogen-bond donors (Lipinski definition) is 2. The molecule has 0 aliphatic rings. The number of nitrogens with one attached hydrogen (secondary N) is 2. The molecule has 0 atom stereocenters. The normalized spacial score (nSPS) is 10.1. The van der Waals surface area contributed by atoms with Crippen LogP contribution in [0.5, 0.6) is 0 Å². The minimum absolute atomic E-state index is 0.0301. The number of nitrogens with zero attached hydrogens (tertiary/aromatic N) is 2. The third-order valence-electron chi connectivity index (χ3n) is 3.83. The van der Waals surface area contributed by atoms with Crippen LogP contribution in [0.15, 0.2) is 48.5 Å². The van der Waals surface area contributed by atoms with E-state index >= 15 is 0 Å². The first-order valence-corrected chi connectivity index (χ1v) is 8.99. The van der Waals surface area contributed by atoms with Crippen LogP contribution < -0.4 is 10.6 Å². The summed E-state index contributed by atoms with van der Waals surface area (Å²) in [6, 6.07) is 10.7. The van der Waals surface area contributed by atoms with Crippen LogP contribution in [0, 0.1) is 20.2 Å². The van der Waals surface area contributed by atoms with E-state index in [0.717, 1.165) is 0 Å². The molecular weight excluding hydrogens is 412 g/mol. The molecule has 0 heterocycles. The number of nitro groups is 2. The molecule has 162 valence electrons. The second kappa shape index (κ2) is 11.0. The molecule has 0 aliphatic carbocycles. The van der Waals surface area contributed by atoms with E-state index in [9.17, 15) is 34.6 Å². The van der Waals surface area contributed by atoms with Crippen molar-refractivity contribution in [1.82, 2.24) is 0 Å². The molecule has 2 N–H and O–H groups in total. The first-order chi connectivity index (χ1) is 14.7. The number of ether oxygens (including phenoxy) is 1. The molecule has 0 aliphatic heterocycles. The largest absolute Gasteiger partial charge is 0.456 e. The van der Waals surface area contributed by atoms with Gasteiger partial charge in [-0.05, 0) is 18.6 Å². The van der Waals surface area contributed by atoms with E-state index in [-0.39, 0.29) is 42.0 Å². The van der Waals surface area contributed by atoms with Crippen molar-refractivity contribution in [3.05, 3.63) is 68.8 Å². The Labute approximate surface area is 175 Å². The summed E-state index contributed by atoms with van der Waals surface area (Å²) >= 11 is 0. The van der Waals surface area contributed by atoms with Crippen LogP contribution in [-0.4, -0.2) is 34.2 Å². The molecule has 0 unspecified atom stereocenters. The van der Waals surface area contributed by atoms with Crippen molar-refractivity contribution >= 4 is 40.5 Å². The van der Waals surface area contributed by atoms with Gasteiger partial charge in [-0.25, -0.2) is 0 Å². The van der Waals surface area contributed by atoms with Crippen molar-refractivity contribution in [1.29, 1.82) is 0 Å². The van der Waals surface area contributed by atoms with Crippen LogP contribution in [-0.2, 0) is 19.1 Å². The summed E-state index contributed by atoms with van der Waals surface area (Å²) in [5.74, 6) is -1.80. The van der Waals surface area contributed by atoms with Crippen LogP contribution in [0.3, 0.4) is 0 Å². The number of nitro benzene ring substituents is 2. The highest BCUT2D eigenvalue weighted by atomic mass is 16.6. The Morgan fingerprint density at radius 2 is 1.32 bits per heavy atom. The quantitative estimate of drug-likeness (QED) is 0.329. The van der Waals surface area contributed by atoms with Crippen molar-refractivity contribution < 1.29 is 29.0 Å². The Morgan fingerprint density at radius 1 is 0.806 bits per heavy atom. The van der Waals surface area contributed by atoms with Gasteiger partial charge in [0.15, 0.2) is 6.61 Å². The molecule has 0 radical (unpaired) electrons. The van der Waals surface area contributed by atoms with E-state index in [1.54, 1.807) is 0 Å². The summed E-state index contributed by atoms with van der Waals surface area (Å²) in [5.41, 5.74) is 0.0932. The van der Waals surface area contributed by atoms with Gasteiger partial charge in [-0.1, -0.05) is 12.1 Å². The standard InChI is InChI=1S/C19H18N4O8/c24-17(20-13-4-1-6-15(10-13)22(27)28)8-3-9-19(26)31-12-18(25)21-14-5-2-7-16(11-14)23(29)30/h1-2,4-7,10-11H,3,8-9,12H2,(H,20,24)(H,21,25). The predicted octanol–water partition coefficient (Wildman–Crippen LogP) is 2.79. The van der Waals surface area contributed by atoms with Gasteiger partial charge < -0.3 is 15.4 Å². The Balaban J connectivity index is 1.68. The number of anilines is 2. The number of carbonyl (C=O) groups is 3. The molecule has 2 amide bonds. The van der Waals surface area contributed by atoms with Gasteiger partial charge in [0.2, 0.25) is 5.91 Å². The van der Waals surface area contributed by atoms with Crippen molar-refractivity contribution in [2.45, 2.75) is 19.3 Å². The van der Waals surface area contributed by atoms with E-state index in [0.29, 0.717) is 0 Å². The molecule has 0 spiro atoms. The number of benzene rings is 2. The number of non-ortho nitro benzene ring substituents is 2. The SMILES string of the molecule is O=C(CCCC(=O)OCC(=O)Nc1cccc([N+](=O)[O-])c1)Nc1cccc([N+](=O)[O-])c1. The molecule has 0 saturated carbocycles. The van der Waals surface area contributed by atoms with Crippen molar-refractivity contribution in [2.75, 3.05) is 17.2 Å². The van der Waals surface area contributed by atoms with Gasteiger partial charge in [0, 0.05) is 48.5 Å². The fraction of sp³-hybridized carbons (Fsp3) is 0.211. The molecule has 0 fully saturated rings. The fourth-order valence-electron chi connectivity index (χ4n) is 2.43. The second-order valence-corrected chi connectivity index (χ2v) is 6.23. The van der Waals surface area contributed by atoms with Crippen molar-refractivity contribution in [2.24, 2.45) is 0 Å². The lowest BCUT2D eigenvalue weighted by atomic mass is 10.2. The fourth-order valence-corrected chi connectivity index (χ4v) is 2.43. The molecular formula is C19H18N4O8. The van der Waals surface area contributed by atoms with Gasteiger partial charge in [-0.2, -0.15) is 0 Å². The minimum atomic E-state index is -0.697. The Bertz CT molecular complexity index is 1010. The number of hydrogen-bond acceptors (Lipinski definition) is 8. The van der Waals surface area contributed by atoms with Crippen LogP contribution in [0.2, 0.25) is 0 Å². The molecule has 12 nitrogen and oxygen atoms in total. The number of rotatable bonds is 10. The van der Waals surface area contributed by atoms with Gasteiger partial charge in [-0.15, -0.1) is 0 Å². The number of amides is 2. The molecule has 0 bridgehead atoms. The summed E-state index contributed by atoms with van der Waals surface area (Å²) in [6.45, 7) is -0.582. The van der Waals surface area contributed by atoms with E-state index in [4.69, 9.17) is 4.74 Å². The molecule has 12 heteroatoms. The maximum Gasteiger partial charge on any atom is 0.306 e. The lowest BCUT2D eigenvalue weighted by Crippen LogP contribution is -2.21. The summed E-state index contributed by atoms with van der Waals surface area (Å²) < 4.78 is 4.80. The second-order valence-electron chi connectivity index (χ2n) is 6.23. The average Bonchev–Trinajstić information content (AvgIpc) is 2.72. The predicted molar refractivity (Wildman–Crippen MR) is 108 cm³/mol. The van der Waals surface area contributed by atoms with Crippen LogP contribution >= 0.6 is 0 Å². The van der Waals surface area contributed by atoms with Crippen LogP contribution in [0.25, 0.3) is 0 Å². The van der Waals surface area contributed by atoms with E-state index in [1.165, 1.54) is 48.5 Å². The first-order valence-electron chi connectivity index (χ1n) is 8.99. The van der Waals surface area contributed by atoms with Gasteiger partial charge in [-0.3, -0.25) is 34.6 Å². The average molecular weight is 430 g/mol. The lowest BCUT2D eigenvalue weighted by molar-refractivity contribution is -0.385. The van der Waals surface area contributed by atoms with Crippen molar-refractivity contribution in [3.63, 3.8) is 0 Å². The maximum absolute atomic E-state index is 11.9. The summed E-state index contributed by atoms with van der Waals surface area (Å²) in [4.78, 5) is 55.6. The molecule has 0 aromatic heterocycles. The summed E-state index contributed by atoms with van der Waals surface area (Å²) in [7, 11) is 0. The zero-order chi connectivity index (χ0) is 22.8. The lowest BCUT2D eigenvalue weighted by Gasteiger charge is -2.07. The van der Waals surface area contributed by atoms with Gasteiger partial charge in [0.25, 0.3) is 17.3 Å². The first kappa shape index (κ1) is 22.9. The van der Waals surface area contributed by atoms with Gasteiger partial charge in [0.05, 0.1) is 9.85 Å². The summed E-state index contributed by atoms with van der Waals surface area (Å²) in [6.07, 6.45) is -0.00376. The molecule has 2 rings (SSSR count). The third-order valence-corrected chi connectivity index (χ3v) is 3.83. The Hall–Kier alpha value is -4.35.